The molecule has 4 rings (SSSR count). The standard InChI is InChI=1S/C21H19N3O2S/c1-14-3-9-18(10-4-14)26-15(2)20(25)22-17-7-5-16(6-8-17)19-13-24-11-12-27-21(24)23-19/h3-13,15H,1-2H3,(H,22,25). The highest BCUT2D eigenvalue weighted by molar-refractivity contribution is 7.15. The Morgan fingerprint density at radius 1 is 1.15 bits per heavy atom. The van der Waals surface area contributed by atoms with Crippen LogP contribution in [-0.4, -0.2) is 21.4 Å². The van der Waals surface area contributed by atoms with Crippen molar-refractivity contribution in [2.75, 3.05) is 5.32 Å². The van der Waals surface area contributed by atoms with Gasteiger partial charge in [-0.05, 0) is 38.1 Å². The molecule has 6 heteroatoms. The number of rotatable bonds is 5. The van der Waals surface area contributed by atoms with Gasteiger partial charge < -0.3 is 10.1 Å². The Morgan fingerprint density at radius 3 is 2.59 bits per heavy atom. The van der Waals surface area contributed by atoms with Crippen molar-refractivity contribution in [2.24, 2.45) is 0 Å². The number of carbonyl (C=O) groups is 1. The highest BCUT2D eigenvalue weighted by atomic mass is 32.1. The topological polar surface area (TPSA) is 55.6 Å². The van der Waals surface area contributed by atoms with Gasteiger partial charge in [-0.15, -0.1) is 11.3 Å². The van der Waals surface area contributed by atoms with Crippen molar-refractivity contribution in [3.63, 3.8) is 0 Å². The van der Waals surface area contributed by atoms with Crippen molar-refractivity contribution in [1.29, 1.82) is 0 Å². The van der Waals surface area contributed by atoms with Gasteiger partial charge in [0.15, 0.2) is 11.1 Å². The molecule has 2 aromatic carbocycles. The lowest BCUT2D eigenvalue weighted by Crippen LogP contribution is -2.30. The predicted molar refractivity (Wildman–Crippen MR) is 108 cm³/mol. The number of hydrogen-bond donors (Lipinski definition) is 1. The molecule has 1 N–H and O–H groups in total. The Morgan fingerprint density at radius 2 is 1.89 bits per heavy atom. The first-order chi connectivity index (χ1) is 13.1. The van der Waals surface area contributed by atoms with Crippen LogP contribution in [0.2, 0.25) is 0 Å². The Hall–Kier alpha value is -3.12. The minimum atomic E-state index is -0.590. The van der Waals surface area contributed by atoms with Crippen LogP contribution in [0.5, 0.6) is 5.75 Å². The molecule has 1 amide bonds. The fraction of sp³-hybridized carbons (Fsp3) is 0.143. The molecule has 0 saturated heterocycles. The number of hydrogen-bond acceptors (Lipinski definition) is 4. The quantitative estimate of drug-likeness (QED) is 0.545. The Kier molecular flexibility index (Phi) is 4.64. The van der Waals surface area contributed by atoms with E-state index in [-0.39, 0.29) is 5.91 Å². The number of thiazole rings is 1. The molecule has 0 aliphatic heterocycles. The van der Waals surface area contributed by atoms with Crippen LogP contribution in [0, 0.1) is 6.92 Å². The zero-order valence-corrected chi connectivity index (χ0v) is 15.9. The van der Waals surface area contributed by atoms with Crippen LogP contribution in [-0.2, 0) is 4.79 Å². The van der Waals surface area contributed by atoms with E-state index in [2.05, 4.69) is 10.3 Å². The number of anilines is 1. The van der Waals surface area contributed by atoms with Gasteiger partial charge in [0, 0.05) is 29.0 Å². The van der Waals surface area contributed by atoms with Crippen molar-refractivity contribution >= 4 is 27.9 Å². The third-order valence-electron chi connectivity index (χ3n) is 4.24. The molecule has 1 unspecified atom stereocenters. The van der Waals surface area contributed by atoms with E-state index in [1.165, 1.54) is 0 Å². The molecular formula is C21H19N3O2S. The summed E-state index contributed by atoms with van der Waals surface area (Å²) in [6.45, 7) is 3.75. The van der Waals surface area contributed by atoms with E-state index < -0.39 is 6.10 Å². The molecule has 0 fully saturated rings. The molecule has 0 spiro atoms. The van der Waals surface area contributed by atoms with Gasteiger partial charge in [-0.2, -0.15) is 0 Å². The second-order valence-electron chi connectivity index (χ2n) is 6.36. The van der Waals surface area contributed by atoms with Gasteiger partial charge in [-0.3, -0.25) is 9.20 Å². The average molecular weight is 377 g/mol. The van der Waals surface area contributed by atoms with Gasteiger partial charge in [0.25, 0.3) is 5.91 Å². The summed E-state index contributed by atoms with van der Waals surface area (Å²) in [6, 6.07) is 15.3. The number of aryl methyl sites for hydroxylation is 1. The maximum absolute atomic E-state index is 12.4. The number of benzene rings is 2. The number of nitrogens with zero attached hydrogens (tertiary/aromatic N) is 2. The fourth-order valence-corrected chi connectivity index (χ4v) is 3.41. The smallest absolute Gasteiger partial charge is 0.265 e. The SMILES string of the molecule is Cc1ccc(OC(C)C(=O)Nc2ccc(-c3cn4ccsc4n3)cc2)cc1. The van der Waals surface area contributed by atoms with Crippen LogP contribution in [0.3, 0.4) is 0 Å². The molecule has 5 nitrogen and oxygen atoms in total. The van der Waals surface area contributed by atoms with E-state index in [1.807, 2.05) is 77.6 Å². The highest BCUT2D eigenvalue weighted by Crippen LogP contribution is 2.23. The molecule has 27 heavy (non-hydrogen) atoms. The first-order valence-electron chi connectivity index (χ1n) is 8.65. The number of nitrogens with one attached hydrogen (secondary N) is 1. The molecule has 0 aliphatic rings. The van der Waals surface area contributed by atoms with E-state index in [0.717, 1.165) is 27.5 Å². The Bertz CT molecular complexity index is 1040. The molecular weight excluding hydrogens is 358 g/mol. The second kappa shape index (κ2) is 7.25. The molecule has 0 radical (unpaired) electrons. The van der Waals surface area contributed by atoms with Gasteiger partial charge >= 0.3 is 0 Å². The van der Waals surface area contributed by atoms with Gasteiger partial charge in [0.1, 0.15) is 5.75 Å². The lowest BCUT2D eigenvalue weighted by Gasteiger charge is -2.15. The van der Waals surface area contributed by atoms with E-state index in [4.69, 9.17) is 4.74 Å². The first kappa shape index (κ1) is 17.3. The molecule has 0 aliphatic carbocycles. The number of fused-ring (bicyclic) bond motifs is 1. The third-order valence-corrected chi connectivity index (χ3v) is 5.02. The third kappa shape index (κ3) is 3.85. The largest absolute Gasteiger partial charge is 0.481 e. The number of aromatic nitrogens is 2. The van der Waals surface area contributed by atoms with Gasteiger partial charge in [0.05, 0.1) is 5.69 Å². The summed E-state index contributed by atoms with van der Waals surface area (Å²) in [5.74, 6) is 0.490. The Balaban J connectivity index is 1.40. The van der Waals surface area contributed by atoms with E-state index >= 15 is 0 Å². The number of ether oxygens (including phenoxy) is 1. The van der Waals surface area contributed by atoms with Crippen LogP contribution >= 0.6 is 11.3 Å². The van der Waals surface area contributed by atoms with Crippen molar-refractivity contribution in [3.8, 4) is 17.0 Å². The van der Waals surface area contributed by atoms with E-state index in [9.17, 15) is 4.79 Å². The Labute approximate surface area is 161 Å². The summed E-state index contributed by atoms with van der Waals surface area (Å²) in [6.07, 6.45) is 3.39. The lowest BCUT2D eigenvalue weighted by molar-refractivity contribution is -0.122. The normalized spacial score (nSPS) is 12.1. The van der Waals surface area contributed by atoms with Crippen LogP contribution in [0.1, 0.15) is 12.5 Å². The summed E-state index contributed by atoms with van der Waals surface area (Å²) in [4.78, 5) is 17.9. The molecule has 2 aromatic heterocycles. The van der Waals surface area contributed by atoms with Crippen LogP contribution in [0.4, 0.5) is 5.69 Å². The molecule has 0 saturated carbocycles. The van der Waals surface area contributed by atoms with Crippen molar-refractivity contribution in [1.82, 2.24) is 9.38 Å². The molecule has 136 valence electrons. The second-order valence-corrected chi connectivity index (χ2v) is 7.23. The number of carbonyl (C=O) groups excluding carboxylic acids is 1. The van der Waals surface area contributed by atoms with Crippen LogP contribution in [0.25, 0.3) is 16.2 Å². The first-order valence-corrected chi connectivity index (χ1v) is 9.53. The summed E-state index contributed by atoms with van der Waals surface area (Å²) in [7, 11) is 0. The average Bonchev–Trinajstić information content (AvgIpc) is 3.26. The van der Waals surface area contributed by atoms with Crippen LogP contribution in [0.15, 0.2) is 66.3 Å². The van der Waals surface area contributed by atoms with Gasteiger partial charge in [-0.1, -0.05) is 29.8 Å². The lowest BCUT2D eigenvalue weighted by atomic mass is 10.1. The van der Waals surface area contributed by atoms with Gasteiger partial charge in [0.2, 0.25) is 0 Å². The van der Waals surface area contributed by atoms with Crippen molar-refractivity contribution in [2.45, 2.75) is 20.0 Å². The molecule has 0 bridgehead atoms. The summed E-state index contributed by atoms with van der Waals surface area (Å²) in [5, 5.41) is 4.89. The summed E-state index contributed by atoms with van der Waals surface area (Å²) in [5.41, 5.74) is 3.80. The predicted octanol–water partition coefficient (Wildman–Crippen LogP) is 4.78. The minimum absolute atomic E-state index is 0.189. The van der Waals surface area contributed by atoms with Crippen molar-refractivity contribution in [3.05, 3.63) is 71.9 Å². The minimum Gasteiger partial charge on any atom is -0.481 e. The van der Waals surface area contributed by atoms with Crippen molar-refractivity contribution < 1.29 is 9.53 Å². The summed E-state index contributed by atoms with van der Waals surface area (Å²) < 4.78 is 7.70. The zero-order chi connectivity index (χ0) is 18.8. The maximum Gasteiger partial charge on any atom is 0.265 e. The molecule has 1 atom stereocenters. The van der Waals surface area contributed by atoms with E-state index in [0.29, 0.717) is 5.75 Å². The van der Waals surface area contributed by atoms with Gasteiger partial charge in [-0.25, -0.2) is 4.98 Å². The number of amides is 1. The molecule has 2 heterocycles. The fourth-order valence-electron chi connectivity index (χ4n) is 2.71. The van der Waals surface area contributed by atoms with Crippen LogP contribution < -0.4 is 10.1 Å². The monoisotopic (exact) mass is 377 g/mol. The number of imidazole rings is 1. The highest BCUT2D eigenvalue weighted by Gasteiger charge is 2.15. The molecule has 4 aromatic rings. The van der Waals surface area contributed by atoms with E-state index in [1.54, 1.807) is 18.3 Å². The maximum atomic E-state index is 12.4. The zero-order valence-electron chi connectivity index (χ0n) is 15.0. The summed E-state index contributed by atoms with van der Waals surface area (Å²) >= 11 is 1.60.